The van der Waals surface area contributed by atoms with Gasteiger partial charge in [0.1, 0.15) is 0 Å². The molecule has 1 saturated heterocycles. The maximum absolute atomic E-state index is 4.44. The van der Waals surface area contributed by atoms with E-state index in [1.165, 1.54) is 51.3 Å². The lowest BCUT2D eigenvalue weighted by molar-refractivity contribution is 0.107. The average molecular weight is 283 g/mol. The molecular formula is C18H25N3. The minimum Gasteiger partial charge on any atom is -0.300 e. The van der Waals surface area contributed by atoms with Crippen LogP contribution in [-0.4, -0.2) is 47.5 Å². The van der Waals surface area contributed by atoms with Crippen molar-refractivity contribution in [3.8, 4) is 0 Å². The third kappa shape index (κ3) is 3.04. The summed E-state index contributed by atoms with van der Waals surface area (Å²) in [5.41, 5.74) is 1.20. The molecule has 0 unspecified atom stereocenters. The highest BCUT2D eigenvalue weighted by Crippen LogP contribution is 2.43. The fraction of sp³-hybridized carbons (Fsp3) is 0.611. The Labute approximate surface area is 127 Å². The number of fused-ring (bicyclic) bond motifs is 2. The van der Waals surface area contributed by atoms with Crippen molar-refractivity contribution in [1.82, 2.24) is 14.8 Å². The number of nitrogens with zero attached hydrogens (tertiary/aromatic N) is 3. The van der Waals surface area contributed by atoms with Crippen LogP contribution in [0.15, 0.2) is 36.5 Å². The van der Waals surface area contributed by atoms with Gasteiger partial charge < -0.3 is 4.90 Å². The minimum atomic E-state index is 0.890. The fourth-order valence-corrected chi connectivity index (χ4v) is 4.29. The first-order valence-corrected chi connectivity index (χ1v) is 8.40. The average Bonchev–Trinajstić information content (AvgIpc) is 3.13. The van der Waals surface area contributed by atoms with E-state index in [9.17, 15) is 0 Å². The summed E-state index contributed by atoms with van der Waals surface area (Å²) in [4.78, 5) is 9.67. The normalized spacial score (nSPS) is 32.9. The highest BCUT2D eigenvalue weighted by Gasteiger charge is 2.36. The molecular weight excluding hydrogens is 258 g/mol. The molecule has 2 fully saturated rings. The Kier molecular flexibility index (Phi) is 3.78. The molecule has 1 aliphatic heterocycles. The van der Waals surface area contributed by atoms with Gasteiger partial charge >= 0.3 is 0 Å². The molecule has 3 atom stereocenters. The molecule has 4 rings (SSSR count). The Morgan fingerprint density at radius 1 is 1.00 bits per heavy atom. The van der Waals surface area contributed by atoms with Gasteiger partial charge in [-0.05, 0) is 42.7 Å². The SMILES string of the molecule is C1=C[C@H]2C[C@@H]1C[C@@H]2CN1CCN(Cc2ccccn2)CC1. The predicted molar refractivity (Wildman–Crippen MR) is 84.8 cm³/mol. The van der Waals surface area contributed by atoms with Crippen molar-refractivity contribution < 1.29 is 0 Å². The number of aromatic nitrogens is 1. The third-order valence-corrected chi connectivity index (χ3v) is 5.49. The first-order chi connectivity index (χ1) is 10.4. The second-order valence-corrected chi connectivity index (χ2v) is 6.94. The zero-order valence-electron chi connectivity index (χ0n) is 12.7. The van der Waals surface area contributed by atoms with Crippen LogP contribution in [0.3, 0.4) is 0 Å². The summed E-state index contributed by atoms with van der Waals surface area (Å²) in [6, 6.07) is 6.21. The molecule has 1 aromatic rings. The van der Waals surface area contributed by atoms with Crippen LogP contribution in [0.25, 0.3) is 0 Å². The number of hydrogen-bond acceptors (Lipinski definition) is 3. The van der Waals surface area contributed by atoms with Crippen molar-refractivity contribution in [2.45, 2.75) is 19.4 Å². The van der Waals surface area contributed by atoms with Gasteiger partial charge in [0.25, 0.3) is 0 Å². The van der Waals surface area contributed by atoms with E-state index < -0.39 is 0 Å². The van der Waals surface area contributed by atoms with E-state index in [0.29, 0.717) is 0 Å². The van der Waals surface area contributed by atoms with Gasteiger partial charge in [0, 0.05) is 45.5 Å². The summed E-state index contributed by atoms with van der Waals surface area (Å²) in [7, 11) is 0. The van der Waals surface area contributed by atoms with Crippen molar-refractivity contribution in [1.29, 1.82) is 0 Å². The monoisotopic (exact) mass is 283 g/mol. The van der Waals surface area contributed by atoms with E-state index in [1.807, 2.05) is 12.3 Å². The van der Waals surface area contributed by atoms with Crippen molar-refractivity contribution >= 4 is 0 Å². The Morgan fingerprint density at radius 3 is 2.52 bits per heavy atom. The molecule has 112 valence electrons. The summed E-state index contributed by atoms with van der Waals surface area (Å²) in [5, 5.41) is 0. The highest BCUT2D eigenvalue weighted by molar-refractivity contribution is 5.10. The summed E-state index contributed by atoms with van der Waals surface area (Å²) in [6.07, 6.45) is 9.70. The summed E-state index contributed by atoms with van der Waals surface area (Å²) >= 11 is 0. The van der Waals surface area contributed by atoms with Gasteiger partial charge in [0.15, 0.2) is 0 Å². The second-order valence-electron chi connectivity index (χ2n) is 6.94. The van der Waals surface area contributed by atoms with Gasteiger partial charge in [-0.1, -0.05) is 18.2 Å². The number of pyridine rings is 1. The van der Waals surface area contributed by atoms with Crippen LogP contribution in [0.5, 0.6) is 0 Å². The van der Waals surface area contributed by atoms with E-state index in [-0.39, 0.29) is 0 Å². The maximum atomic E-state index is 4.44. The molecule has 0 N–H and O–H groups in total. The molecule has 1 aromatic heterocycles. The zero-order valence-corrected chi connectivity index (χ0v) is 12.7. The molecule has 0 radical (unpaired) electrons. The molecule has 3 heteroatoms. The van der Waals surface area contributed by atoms with Crippen molar-refractivity contribution in [3.05, 3.63) is 42.2 Å². The van der Waals surface area contributed by atoms with Crippen LogP contribution in [0, 0.1) is 17.8 Å². The summed E-state index contributed by atoms with van der Waals surface area (Å²) in [6.45, 7) is 7.16. The number of piperazine rings is 1. The highest BCUT2D eigenvalue weighted by atomic mass is 15.3. The zero-order chi connectivity index (χ0) is 14.1. The number of hydrogen-bond donors (Lipinski definition) is 0. The lowest BCUT2D eigenvalue weighted by Gasteiger charge is -2.36. The van der Waals surface area contributed by atoms with E-state index in [2.05, 4.69) is 39.1 Å². The van der Waals surface area contributed by atoms with E-state index >= 15 is 0 Å². The van der Waals surface area contributed by atoms with E-state index in [0.717, 1.165) is 24.3 Å². The third-order valence-electron chi connectivity index (χ3n) is 5.49. The lowest BCUT2D eigenvalue weighted by Crippen LogP contribution is -2.47. The topological polar surface area (TPSA) is 19.4 Å². The quantitative estimate of drug-likeness (QED) is 0.791. The van der Waals surface area contributed by atoms with E-state index in [1.54, 1.807) is 0 Å². The van der Waals surface area contributed by atoms with Gasteiger partial charge in [-0.2, -0.15) is 0 Å². The Morgan fingerprint density at radius 2 is 1.86 bits per heavy atom. The predicted octanol–water partition coefficient (Wildman–Crippen LogP) is 2.41. The summed E-state index contributed by atoms with van der Waals surface area (Å²) < 4.78 is 0. The molecule has 21 heavy (non-hydrogen) atoms. The molecule has 1 saturated carbocycles. The van der Waals surface area contributed by atoms with Crippen LogP contribution in [0.2, 0.25) is 0 Å². The van der Waals surface area contributed by atoms with Crippen molar-refractivity contribution in [3.63, 3.8) is 0 Å². The van der Waals surface area contributed by atoms with Gasteiger partial charge in [-0.3, -0.25) is 9.88 Å². The van der Waals surface area contributed by atoms with Crippen LogP contribution >= 0.6 is 0 Å². The molecule has 2 heterocycles. The Balaban J connectivity index is 1.24. The molecule has 3 aliphatic rings. The minimum absolute atomic E-state index is 0.890. The maximum Gasteiger partial charge on any atom is 0.0543 e. The van der Waals surface area contributed by atoms with Gasteiger partial charge in [0.2, 0.25) is 0 Å². The first-order valence-electron chi connectivity index (χ1n) is 8.40. The molecule has 2 bridgehead atoms. The molecule has 2 aliphatic carbocycles. The molecule has 0 spiro atoms. The second kappa shape index (κ2) is 5.90. The van der Waals surface area contributed by atoms with Crippen LogP contribution in [-0.2, 0) is 6.54 Å². The first kappa shape index (κ1) is 13.5. The van der Waals surface area contributed by atoms with E-state index in [4.69, 9.17) is 0 Å². The molecule has 0 amide bonds. The number of rotatable bonds is 4. The number of allylic oxidation sites excluding steroid dienone is 2. The van der Waals surface area contributed by atoms with Crippen LogP contribution < -0.4 is 0 Å². The fourth-order valence-electron chi connectivity index (χ4n) is 4.29. The Hall–Kier alpha value is -1.19. The van der Waals surface area contributed by atoms with Gasteiger partial charge in [-0.15, -0.1) is 0 Å². The molecule has 3 nitrogen and oxygen atoms in total. The molecule has 0 aromatic carbocycles. The van der Waals surface area contributed by atoms with Crippen molar-refractivity contribution in [2.75, 3.05) is 32.7 Å². The van der Waals surface area contributed by atoms with Crippen molar-refractivity contribution in [2.24, 2.45) is 17.8 Å². The Bertz CT molecular complexity index is 490. The lowest BCUT2D eigenvalue weighted by atomic mass is 9.93. The van der Waals surface area contributed by atoms with Gasteiger partial charge in [0.05, 0.1) is 5.69 Å². The largest absolute Gasteiger partial charge is 0.300 e. The van der Waals surface area contributed by atoms with Gasteiger partial charge in [-0.25, -0.2) is 0 Å². The van der Waals surface area contributed by atoms with Crippen LogP contribution in [0.1, 0.15) is 18.5 Å². The summed E-state index contributed by atoms with van der Waals surface area (Å²) in [5.74, 6) is 2.73. The smallest absolute Gasteiger partial charge is 0.0543 e. The standard InChI is InChI=1S/C18H25N3/c1-2-6-19-18(3-1)14-21-9-7-20(8-10-21)13-17-12-15-4-5-16(17)11-15/h1-6,15-17H,7-14H2/t15-,16+,17-/m1/s1. The van der Waals surface area contributed by atoms with Crippen LogP contribution in [0.4, 0.5) is 0 Å².